The number of ether oxygens (including phenoxy) is 4. The molecule has 312 valence electrons. The van der Waals surface area contributed by atoms with E-state index in [1.54, 1.807) is 49.1 Å². The van der Waals surface area contributed by atoms with E-state index in [9.17, 15) is 9.59 Å². The van der Waals surface area contributed by atoms with E-state index in [2.05, 4.69) is 40.5 Å². The summed E-state index contributed by atoms with van der Waals surface area (Å²) in [7, 11) is 0. The van der Waals surface area contributed by atoms with Crippen molar-refractivity contribution in [2.75, 3.05) is 23.8 Å². The number of nitrogens with two attached hydrogens (primary N) is 2. The van der Waals surface area contributed by atoms with Gasteiger partial charge in [-0.3, -0.25) is 0 Å². The van der Waals surface area contributed by atoms with Crippen LogP contribution < -0.4 is 31.6 Å². The molecule has 0 saturated carbocycles. The number of rotatable bonds is 10. The van der Waals surface area contributed by atoms with Crippen molar-refractivity contribution in [2.45, 2.75) is 91.5 Å². The van der Waals surface area contributed by atoms with Gasteiger partial charge in [0.15, 0.2) is 0 Å². The predicted molar refractivity (Wildman–Crippen MR) is 228 cm³/mol. The van der Waals surface area contributed by atoms with Crippen molar-refractivity contribution in [3.8, 4) is 11.8 Å². The van der Waals surface area contributed by atoms with Gasteiger partial charge in [0.25, 0.3) is 0 Å². The fraction of sp³-hybridized carbons (Fsp3) is 0.364. The normalized spacial score (nSPS) is 16.2. The van der Waals surface area contributed by atoms with Crippen molar-refractivity contribution in [1.29, 1.82) is 0 Å². The van der Waals surface area contributed by atoms with Crippen LogP contribution in [0.2, 0.25) is 0 Å². The van der Waals surface area contributed by atoms with E-state index in [-0.39, 0.29) is 24.1 Å². The van der Waals surface area contributed by atoms with Gasteiger partial charge in [-0.25, -0.2) is 39.5 Å². The number of fused-ring (bicyclic) bond motifs is 4. The SMILES string of the molecule is CCOc1ncc(C(C)(C)N)c2cc(Nc3ccc4c(n3)C[C@@H](C)OC4=O)ncc12.CCOc1ncc(C(C)(C)N)c2cc(Nc3ccc4c(n3)C[C@H](C)OC4=O)ncc12. The standard InChI is InChI=1S/2C22H25N5O3/c2*1-5-29-20-15-10-24-19(9-14(15)16(11-25-20)22(3,4)23)27-18-7-6-13-17(26-18)8-12(2)30-21(13)28/h2*6-7,9-12H,5,8,23H2,1-4H3,(H,24,26,27)/t2*12-/m10/s1. The number of aromatic nitrogens is 6. The molecular weight excluding hydrogens is 765 g/mol. The van der Waals surface area contributed by atoms with Crippen molar-refractivity contribution in [2.24, 2.45) is 11.5 Å². The largest absolute Gasteiger partial charge is 0.477 e. The lowest BCUT2D eigenvalue weighted by atomic mass is 9.93. The maximum Gasteiger partial charge on any atom is 0.340 e. The maximum absolute atomic E-state index is 12.0. The Morgan fingerprint density at radius 3 is 1.38 bits per heavy atom. The monoisotopic (exact) mass is 814 g/mol. The summed E-state index contributed by atoms with van der Waals surface area (Å²) in [4.78, 5) is 51.0. The average Bonchev–Trinajstić information content (AvgIpc) is 3.17. The third-order valence-electron chi connectivity index (χ3n) is 9.90. The Morgan fingerprint density at radius 1 is 0.617 bits per heavy atom. The second kappa shape index (κ2) is 16.6. The Bertz CT molecular complexity index is 2430. The number of anilines is 4. The summed E-state index contributed by atoms with van der Waals surface area (Å²) in [6, 6.07) is 10.8. The van der Waals surface area contributed by atoms with Crippen LogP contribution in [0.4, 0.5) is 23.3 Å². The predicted octanol–water partition coefficient (Wildman–Crippen LogP) is 6.92. The van der Waals surface area contributed by atoms with E-state index in [1.165, 1.54) is 0 Å². The number of carbonyl (C=O) groups is 2. The second-order valence-corrected chi connectivity index (χ2v) is 16.0. The molecule has 6 N–H and O–H groups in total. The van der Waals surface area contributed by atoms with Crippen LogP contribution in [0.5, 0.6) is 11.8 Å². The highest BCUT2D eigenvalue weighted by molar-refractivity contribution is 5.94. The zero-order chi connectivity index (χ0) is 42.9. The number of cyclic esters (lactones) is 2. The maximum atomic E-state index is 12.0. The Labute approximate surface area is 347 Å². The summed E-state index contributed by atoms with van der Waals surface area (Å²) in [6.45, 7) is 16.3. The van der Waals surface area contributed by atoms with Gasteiger partial charge < -0.3 is 41.0 Å². The molecule has 0 amide bonds. The first-order valence-corrected chi connectivity index (χ1v) is 19.9. The molecule has 6 aromatic rings. The number of esters is 2. The molecule has 2 aliphatic heterocycles. The van der Waals surface area contributed by atoms with E-state index in [1.807, 2.05) is 67.5 Å². The van der Waals surface area contributed by atoms with Gasteiger partial charge in [-0.2, -0.15) is 0 Å². The summed E-state index contributed by atoms with van der Waals surface area (Å²) in [5, 5.41) is 9.88. The number of carbonyl (C=O) groups excluding carboxylic acids is 2. The minimum atomic E-state index is -0.588. The number of pyridine rings is 6. The molecule has 2 atom stereocenters. The number of nitrogens with zero attached hydrogens (tertiary/aromatic N) is 6. The van der Waals surface area contributed by atoms with Crippen molar-refractivity contribution >= 4 is 56.8 Å². The van der Waals surface area contributed by atoms with Gasteiger partial charge in [0.1, 0.15) is 35.5 Å². The Morgan fingerprint density at radius 2 is 1.02 bits per heavy atom. The lowest BCUT2D eigenvalue weighted by Crippen LogP contribution is -2.29. The van der Waals surface area contributed by atoms with Crippen molar-refractivity contribution in [3.05, 3.63) is 94.8 Å². The first-order chi connectivity index (χ1) is 28.5. The van der Waals surface area contributed by atoms with Crippen LogP contribution in [0.25, 0.3) is 21.5 Å². The van der Waals surface area contributed by atoms with Crippen molar-refractivity contribution in [3.63, 3.8) is 0 Å². The minimum absolute atomic E-state index is 0.189. The molecular formula is C44H50N10O6. The van der Waals surface area contributed by atoms with Gasteiger partial charge in [0, 0.05) is 48.7 Å². The van der Waals surface area contributed by atoms with Crippen LogP contribution in [0.1, 0.15) is 98.6 Å². The Balaban J connectivity index is 0.000000181. The molecule has 8 rings (SSSR count). The second-order valence-electron chi connectivity index (χ2n) is 16.0. The zero-order valence-corrected chi connectivity index (χ0v) is 35.0. The van der Waals surface area contributed by atoms with Gasteiger partial charge in [0.05, 0.1) is 46.5 Å². The molecule has 0 aromatic carbocycles. The molecule has 0 bridgehead atoms. The topological polar surface area (TPSA) is 224 Å². The summed E-state index contributed by atoms with van der Waals surface area (Å²) >= 11 is 0. The molecule has 0 fully saturated rings. The van der Waals surface area contributed by atoms with Crippen LogP contribution in [0, 0.1) is 0 Å². The van der Waals surface area contributed by atoms with E-state index in [0.29, 0.717) is 72.2 Å². The summed E-state index contributed by atoms with van der Waals surface area (Å²) in [6.07, 6.45) is 7.73. The van der Waals surface area contributed by atoms with E-state index < -0.39 is 11.1 Å². The fourth-order valence-corrected chi connectivity index (χ4v) is 7.10. The Hall–Kier alpha value is -6.52. The highest BCUT2D eigenvalue weighted by atomic mass is 16.5. The van der Waals surface area contributed by atoms with Gasteiger partial charge in [-0.15, -0.1) is 0 Å². The van der Waals surface area contributed by atoms with Gasteiger partial charge in [0.2, 0.25) is 11.8 Å². The van der Waals surface area contributed by atoms with Crippen LogP contribution in [-0.2, 0) is 33.4 Å². The molecule has 0 saturated heterocycles. The first-order valence-electron chi connectivity index (χ1n) is 19.9. The average molecular weight is 815 g/mol. The molecule has 16 heteroatoms. The minimum Gasteiger partial charge on any atom is -0.477 e. The third-order valence-corrected chi connectivity index (χ3v) is 9.90. The number of hydrogen-bond acceptors (Lipinski definition) is 16. The van der Waals surface area contributed by atoms with E-state index in [0.717, 1.165) is 44.1 Å². The molecule has 0 spiro atoms. The van der Waals surface area contributed by atoms with Crippen LogP contribution >= 0.6 is 0 Å². The molecule has 16 nitrogen and oxygen atoms in total. The van der Waals surface area contributed by atoms with E-state index >= 15 is 0 Å². The van der Waals surface area contributed by atoms with Gasteiger partial charge >= 0.3 is 11.9 Å². The van der Waals surface area contributed by atoms with Crippen molar-refractivity contribution < 1.29 is 28.5 Å². The molecule has 0 unspecified atom stereocenters. The third kappa shape index (κ3) is 8.89. The summed E-state index contributed by atoms with van der Waals surface area (Å²) in [5.74, 6) is 2.82. The Kier molecular flexibility index (Phi) is 11.5. The van der Waals surface area contributed by atoms with Crippen LogP contribution in [0.3, 0.4) is 0 Å². The molecule has 2 aliphatic rings. The van der Waals surface area contributed by atoms with Crippen molar-refractivity contribution in [1.82, 2.24) is 29.9 Å². The quantitative estimate of drug-likeness (QED) is 0.103. The summed E-state index contributed by atoms with van der Waals surface area (Å²) < 4.78 is 21.8. The zero-order valence-electron chi connectivity index (χ0n) is 35.0. The molecule has 6 aromatic heterocycles. The van der Waals surface area contributed by atoms with Gasteiger partial charge in [-0.1, -0.05) is 0 Å². The summed E-state index contributed by atoms with van der Waals surface area (Å²) in [5.41, 5.74) is 15.8. The van der Waals surface area contributed by atoms with E-state index in [4.69, 9.17) is 30.4 Å². The fourth-order valence-electron chi connectivity index (χ4n) is 7.10. The van der Waals surface area contributed by atoms with Gasteiger partial charge in [-0.05, 0) is 114 Å². The molecule has 8 heterocycles. The highest BCUT2D eigenvalue weighted by Crippen LogP contribution is 2.35. The lowest BCUT2D eigenvalue weighted by Gasteiger charge is -2.22. The first kappa shape index (κ1) is 41.6. The van der Waals surface area contributed by atoms with Crippen LogP contribution in [-0.4, -0.2) is 67.3 Å². The smallest absolute Gasteiger partial charge is 0.340 e. The number of nitrogens with one attached hydrogen (secondary N) is 2. The molecule has 0 aliphatic carbocycles. The lowest BCUT2D eigenvalue weighted by molar-refractivity contribution is 0.0286. The van der Waals surface area contributed by atoms with Crippen LogP contribution in [0.15, 0.2) is 61.2 Å². The highest BCUT2D eigenvalue weighted by Gasteiger charge is 2.27. The number of hydrogen-bond donors (Lipinski definition) is 4. The molecule has 0 radical (unpaired) electrons. The molecule has 60 heavy (non-hydrogen) atoms.